The fourth-order valence-corrected chi connectivity index (χ4v) is 2.84. The Balaban J connectivity index is 2.39. The van der Waals surface area contributed by atoms with Gasteiger partial charge in [0.05, 0.1) is 21.3 Å². The average Bonchev–Trinajstić information content (AvgIpc) is 2.58. The molecule has 3 rings (SSSR count). The maximum Gasteiger partial charge on any atom is 0.263 e. The standard InChI is InChI=1S/C17H17NO5/c1-20-12-8-10-13(16(22-3)15(12)21-2)9-6-4-5-7-11(9)23-14(10)17(18)19/h4-8,14H,1-3H3,(H2,18,19). The van der Waals surface area contributed by atoms with E-state index in [1.54, 1.807) is 12.1 Å². The number of rotatable bonds is 4. The number of methoxy groups -OCH3 is 3. The van der Waals surface area contributed by atoms with Crippen molar-refractivity contribution in [2.45, 2.75) is 6.10 Å². The van der Waals surface area contributed by atoms with Gasteiger partial charge in [-0.25, -0.2) is 0 Å². The molecule has 1 amide bonds. The van der Waals surface area contributed by atoms with Crippen LogP contribution in [0.5, 0.6) is 23.0 Å². The Morgan fingerprint density at radius 1 is 1.09 bits per heavy atom. The van der Waals surface area contributed by atoms with Crippen molar-refractivity contribution in [2.75, 3.05) is 21.3 Å². The van der Waals surface area contributed by atoms with Crippen LogP contribution in [0, 0.1) is 0 Å². The SMILES string of the molecule is COc1cc2c(c(OC)c1OC)-c1ccccc1OC2C(N)=O. The molecule has 0 spiro atoms. The predicted molar refractivity (Wildman–Crippen MR) is 84.1 cm³/mol. The van der Waals surface area contributed by atoms with Crippen LogP contribution in [0.1, 0.15) is 11.7 Å². The Bertz CT molecular complexity index is 772. The maximum atomic E-state index is 11.9. The van der Waals surface area contributed by atoms with E-state index < -0.39 is 12.0 Å². The van der Waals surface area contributed by atoms with Crippen molar-refractivity contribution < 1.29 is 23.7 Å². The first-order chi connectivity index (χ1) is 11.1. The number of primary amides is 1. The van der Waals surface area contributed by atoms with Crippen molar-refractivity contribution in [3.8, 4) is 34.1 Å². The van der Waals surface area contributed by atoms with Gasteiger partial charge in [-0.2, -0.15) is 0 Å². The lowest BCUT2D eigenvalue weighted by atomic mass is 9.90. The molecule has 1 unspecified atom stereocenters. The van der Waals surface area contributed by atoms with Crippen LogP contribution in [0.3, 0.4) is 0 Å². The van der Waals surface area contributed by atoms with E-state index in [-0.39, 0.29) is 0 Å². The molecule has 2 N–H and O–H groups in total. The van der Waals surface area contributed by atoms with Crippen LogP contribution in [0.15, 0.2) is 30.3 Å². The summed E-state index contributed by atoms with van der Waals surface area (Å²) in [6.45, 7) is 0. The van der Waals surface area contributed by atoms with Crippen molar-refractivity contribution >= 4 is 5.91 Å². The van der Waals surface area contributed by atoms with Crippen LogP contribution in [-0.4, -0.2) is 27.2 Å². The van der Waals surface area contributed by atoms with Crippen molar-refractivity contribution in [1.82, 2.24) is 0 Å². The highest BCUT2D eigenvalue weighted by Crippen LogP contribution is 2.53. The molecular weight excluding hydrogens is 298 g/mol. The van der Waals surface area contributed by atoms with Crippen LogP contribution in [-0.2, 0) is 4.79 Å². The van der Waals surface area contributed by atoms with Gasteiger partial charge in [-0.05, 0) is 12.1 Å². The van der Waals surface area contributed by atoms with E-state index in [4.69, 9.17) is 24.7 Å². The highest BCUT2D eigenvalue weighted by atomic mass is 16.5. The first-order valence-electron chi connectivity index (χ1n) is 7.00. The van der Waals surface area contributed by atoms with Gasteiger partial charge >= 0.3 is 0 Å². The molecule has 0 fully saturated rings. The number of hydrogen-bond donors (Lipinski definition) is 1. The Kier molecular flexibility index (Phi) is 3.73. The van der Waals surface area contributed by atoms with Gasteiger partial charge in [0.2, 0.25) is 11.9 Å². The van der Waals surface area contributed by atoms with Crippen molar-refractivity contribution in [3.05, 3.63) is 35.9 Å². The Morgan fingerprint density at radius 2 is 1.78 bits per heavy atom. The summed E-state index contributed by atoms with van der Waals surface area (Å²) in [5.41, 5.74) is 7.63. The summed E-state index contributed by atoms with van der Waals surface area (Å²) in [6.07, 6.45) is -0.923. The fraction of sp³-hybridized carbons (Fsp3) is 0.235. The summed E-state index contributed by atoms with van der Waals surface area (Å²) in [7, 11) is 4.58. The summed E-state index contributed by atoms with van der Waals surface area (Å²) in [5, 5.41) is 0. The smallest absolute Gasteiger partial charge is 0.263 e. The fourth-order valence-electron chi connectivity index (χ4n) is 2.84. The molecule has 120 valence electrons. The minimum absolute atomic E-state index is 0.442. The van der Waals surface area contributed by atoms with E-state index in [0.717, 1.165) is 11.1 Å². The lowest BCUT2D eigenvalue weighted by molar-refractivity contribution is -0.125. The van der Waals surface area contributed by atoms with E-state index in [2.05, 4.69) is 0 Å². The molecule has 1 aliphatic heterocycles. The van der Waals surface area contributed by atoms with Crippen LogP contribution < -0.4 is 24.7 Å². The van der Waals surface area contributed by atoms with Crippen molar-refractivity contribution in [1.29, 1.82) is 0 Å². The monoisotopic (exact) mass is 315 g/mol. The van der Waals surface area contributed by atoms with Gasteiger partial charge in [-0.1, -0.05) is 18.2 Å². The summed E-state index contributed by atoms with van der Waals surface area (Å²) in [5.74, 6) is 1.35. The number of hydrogen-bond acceptors (Lipinski definition) is 5. The number of benzene rings is 2. The second kappa shape index (κ2) is 5.72. The largest absolute Gasteiger partial charge is 0.493 e. The number of amides is 1. The topological polar surface area (TPSA) is 80.0 Å². The Labute approximate surface area is 133 Å². The number of ether oxygens (including phenoxy) is 4. The molecule has 0 aliphatic carbocycles. The van der Waals surface area contributed by atoms with Crippen molar-refractivity contribution in [3.63, 3.8) is 0 Å². The number of fused-ring (bicyclic) bond motifs is 3. The van der Waals surface area contributed by atoms with Crippen molar-refractivity contribution in [2.24, 2.45) is 5.73 Å². The highest BCUT2D eigenvalue weighted by molar-refractivity contribution is 5.91. The zero-order valence-corrected chi connectivity index (χ0v) is 13.1. The summed E-state index contributed by atoms with van der Waals surface area (Å²) >= 11 is 0. The molecule has 6 heteroatoms. The zero-order valence-electron chi connectivity index (χ0n) is 13.1. The van der Waals surface area contributed by atoms with E-state index in [1.807, 2.05) is 18.2 Å². The van der Waals surface area contributed by atoms with Crippen LogP contribution in [0.2, 0.25) is 0 Å². The first kappa shape index (κ1) is 15.0. The molecule has 2 aromatic rings. The molecule has 0 radical (unpaired) electrons. The molecule has 0 saturated heterocycles. The van der Waals surface area contributed by atoms with Gasteiger partial charge < -0.3 is 24.7 Å². The number of carbonyl (C=O) groups excluding carboxylic acids is 1. The molecular formula is C17H17NO5. The number of para-hydroxylation sites is 1. The average molecular weight is 315 g/mol. The summed E-state index contributed by atoms with van der Waals surface area (Å²) in [6, 6.07) is 9.08. The third-order valence-electron chi connectivity index (χ3n) is 3.80. The minimum atomic E-state index is -0.923. The number of carbonyl (C=O) groups is 1. The van der Waals surface area contributed by atoms with E-state index >= 15 is 0 Å². The molecule has 6 nitrogen and oxygen atoms in total. The lowest BCUT2D eigenvalue weighted by Gasteiger charge is -2.29. The van der Waals surface area contributed by atoms with Crippen LogP contribution in [0.4, 0.5) is 0 Å². The Hall–Kier alpha value is -2.89. The third-order valence-corrected chi connectivity index (χ3v) is 3.80. The van der Waals surface area contributed by atoms with E-state index in [0.29, 0.717) is 28.6 Å². The quantitative estimate of drug-likeness (QED) is 0.936. The second-order valence-electron chi connectivity index (χ2n) is 5.01. The summed E-state index contributed by atoms with van der Waals surface area (Å²) in [4.78, 5) is 11.9. The molecule has 0 bridgehead atoms. The van der Waals surface area contributed by atoms with Gasteiger partial charge in [-0.15, -0.1) is 0 Å². The second-order valence-corrected chi connectivity index (χ2v) is 5.01. The van der Waals surface area contributed by atoms with E-state index in [1.165, 1.54) is 21.3 Å². The molecule has 2 aromatic carbocycles. The number of nitrogens with two attached hydrogens (primary N) is 1. The molecule has 1 aliphatic rings. The molecule has 0 aromatic heterocycles. The minimum Gasteiger partial charge on any atom is -0.493 e. The van der Waals surface area contributed by atoms with Gasteiger partial charge in [-0.3, -0.25) is 4.79 Å². The Morgan fingerprint density at radius 3 is 2.39 bits per heavy atom. The molecule has 1 atom stereocenters. The van der Waals surface area contributed by atoms with Gasteiger partial charge in [0, 0.05) is 16.7 Å². The van der Waals surface area contributed by atoms with E-state index in [9.17, 15) is 4.79 Å². The normalized spacial score (nSPS) is 15.0. The van der Waals surface area contributed by atoms with Gasteiger partial charge in [0.15, 0.2) is 11.5 Å². The zero-order chi connectivity index (χ0) is 16.6. The highest BCUT2D eigenvalue weighted by Gasteiger charge is 2.35. The third kappa shape index (κ3) is 2.23. The van der Waals surface area contributed by atoms with Crippen LogP contribution >= 0.6 is 0 Å². The first-order valence-corrected chi connectivity index (χ1v) is 7.00. The molecule has 0 saturated carbocycles. The predicted octanol–water partition coefficient (Wildman–Crippen LogP) is 2.30. The van der Waals surface area contributed by atoms with Gasteiger partial charge in [0.1, 0.15) is 5.75 Å². The molecule has 1 heterocycles. The summed E-state index contributed by atoms with van der Waals surface area (Å²) < 4.78 is 22.1. The maximum absolute atomic E-state index is 11.9. The van der Waals surface area contributed by atoms with Crippen LogP contribution in [0.25, 0.3) is 11.1 Å². The van der Waals surface area contributed by atoms with Gasteiger partial charge in [0.25, 0.3) is 5.91 Å². The molecule has 23 heavy (non-hydrogen) atoms. The lowest BCUT2D eigenvalue weighted by Crippen LogP contribution is -2.29.